The molecule has 1 amide bonds. The van der Waals surface area contributed by atoms with E-state index in [-0.39, 0.29) is 10.8 Å². The van der Waals surface area contributed by atoms with Crippen LogP contribution in [0.2, 0.25) is 0 Å². The number of aryl methyl sites for hydroxylation is 1. The highest BCUT2D eigenvalue weighted by atomic mass is 32.2. The van der Waals surface area contributed by atoms with Crippen LogP contribution in [0, 0.1) is 0 Å². The van der Waals surface area contributed by atoms with E-state index in [0.717, 1.165) is 17.1 Å². The normalized spacial score (nSPS) is 14.6. The fourth-order valence-electron chi connectivity index (χ4n) is 3.74. The van der Waals surface area contributed by atoms with E-state index < -0.39 is 10.0 Å². The van der Waals surface area contributed by atoms with E-state index in [0.29, 0.717) is 44.7 Å². The highest BCUT2D eigenvalue weighted by Crippen LogP contribution is 2.21. The number of sulfonamides is 1. The molecular weight excluding hydrogens is 454 g/mol. The first-order valence-electron chi connectivity index (χ1n) is 11.0. The van der Waals surface area contributed by atoms with E-state index in [1.54, 1.807) is 37.8 Å². The van der Waals surface area contributed by atoms with Crippen LogP contribution in [0.25, 0.3) is 0 Å². The molecule has 1 N–H and O–H groups in total. The molecule has 10 heteroatoms. The van der Waals surface area contributed by atoms with Crippen molar-refractivity contribution in [3.8, 4) is 5.75 Å². The summed E-state index contributed by atoms with van der Waals surface area (Å²) in [7, 11) is -2.01. The predicted molar refractivity (Wildman–Crippen MR) is 129 cm³/mol. The first-order chi connectivity index (χ1) is 16.5. The zero-order chi connectivity index (χ0) is 24.0. The molecule has 0 atom stereocenters. The molecule has 1 aliphatic rings. The second-order valence-corrected chi connectivity index (χ2v) is 9.81. The molecule has 0 aliphatic carbocycles. The molecule has 1 aromatic heterocycles. The van der Waals surface area contributed by atoms with Crippen molar-refractivity contribution >= 4 is 27.4 Å². The number of methoxy groups -OCH3 is 1. The summed E-state index contributed by atoms with van der Waals surface area (Å²) < 4.78 is 32.7. The summed E-state index contributed by atoms with van der Waals surface area (Å²) in [6.45, 7) is 1.81. The Hall–Kier alpha value is -3.50. The molecule has 0 radical (unpaired) electrons. The van der Waals surface area contributed by atoms with Gasteiger partial charge in [-0.15, -0.1) is 0 Å². The predicted octanol–water partition coefficient (Wildman–Crippen LogP) is 2.57. The average molecular weight is 482 g/mol. The van der Waals surface area contributed by atoms with Gasteiger partial charge in [0.25, 0.3) is 0 Å². The van der Waals surface area contributed by atoms with E-state index in [2.05, 4.69) is 15.3 Å². The van der Waals surface area contributed by atoms with Crippen molar-refractivity contribution in [1.82, 2.24) is 14.3 Å². The first kappa shape index (κ1) is 23.7. The molecule has 1 fully saturated rings. The molecule has 2 heterocycles. The third kappa shape index (κ3) is 5.70. The van der Waals surface area contributed by atoms with E-state index in [1.807, 2.05) is 29.2 Å². The molecule has 0 saturated carbocycles. The molecule has 0 bridgehead atoms. The molecular formula is C24H27N5O4S. The number of amides is 1. The summed E-state index contributed by atoms with van der Waals surface area (Å²) in [5, 5.41) is 2.83. The third-order valence-corrected chi connectivity index (χ3v) is 7.60. The number of benzene rings is 2. The standard InChI is InChI=1S/C24H27N5O4S/c1-33-21-7-2-19(3-8-21)4-11-24(30)27-20-5-9-22(10-6-20)34(31,32)29-16-14-28(15-17-29)23-18-25-12-13-26-23/h2-3,5-10,12-13,18H,4,11,14-17H2,1H3,(H,27,30). The Kier molecular flexibility index (Phi) is 7.39. The lowest BCUT2D eigenvalue weighted by atomic mass is 10.1. The minimum Gasteiger partial charge on any atom is -0.497 e. The van der Waals surface area contributed by atoms with Gasteiger partial charge in [-0.3, -0.25) is 9.78 Å². The maximum atomic E-state index is 13.1. The fourth-order valence-corrected chi connectivity index (χ4v) is 5.17. The Balaban J connectivity index is 1.30. The number of carbonyl (C=O) groups excluding carboxylic acids is 1. The SMILES string of the molecule is COc1ccc(CCC(=O)Nc2ccc(S(=O)(=O)N3CCN(c4cnccn4)CC3)cc2)cc1. The van der Waals surface area contributed by atoms with Gasteiger partial charge in [0.2, 0.25) is 15.9 Å². The molecule has 178 valence electrons. The maximum absolute atomic E-state index is 13.1. The summed E-state index contributed by atoms with van der Waals surface area (Å²) in [4.78, 5) is 22.9. The van der Waals surface area contributed by atoms with Crippen LogP contribution in [0.15, 0.2) is 72.0 Å². The molecule has 2 aromatic carbocycles. The summed E-state index contributed by atoms with van der Waals surface area (Å²) in [6, 6.07) is 13.9. The molecule has 0 spiro atoms. The Morgan fingerprint density at radius 1 is 1.00 bits per heavy atom. The molecule has 4 rings (SSSR count). The van der Waals surface area contributed by atoms with Crippen LogP contribution in [0.1, 0.15) is 12.0 Å². The monoisotopic (exact) mass is 481 g/mol. The van der Waals surface area contributed by atoms with Crippen molar-refractivity contribution in [2.45, 2.75) is 17.7 Å². The summed E-state index contributed by atoms with van der Waals surface area (Å²) in [5.41, 5.74) is 1.60. The number of hydrogen-bond donors (Lipinski definition) is 1. The van der Waals surface area contributed by atoms with Gasteiger partial charge in [0.1, 0.15) is 11.6 Å². The minimum absolute atomic E-state index is 0.133. The van der Waals surface area contributed by atoms with Crippen LogP contribution in [0.3, 0.4) is 0 Å². The number of aromatic nitrogens is 2. The number of nitrogens with one attached hydrogen (secondary N) is 1. The van der Waals surface area contributed by atoms with Crippen molar-refractivity contribution in [1.29, 1.82) is 0 Å². The van der Waals surface area contributed by atoms with Crippen molar-refractivity contribution in [2.75, 3.05) is 43.5 Å². The fraction of sp³-hybridized carbons (Fsp3) is 0.292. The Bertz CT molecular complexity index is 1190. The number of nitrogens with zero attached hydrogens (tertiary/aromatic N) is 4. The van der Waals surface area contributed by atoms with Gasteiger partial charge < -0.3 is 15.0 Å². The summed E-state index contributed by atoms with van der Waals surface area (Å²) in [6.07, 6.45) is 5.83. The topological polar surface area (TPSA) is 105 Å². The van der Waals surface area contributed by atoms with Gasteiger partial charge in [0.05, 0.1) is 18.2 Å². The van der Waals surface area contributed by atoms with E-state index in [4.69, 9.17) is 4.74 Å². The number of carbonyl (C=O) groups is 1. The Morgan fingerprint density at radius 3 is 2.32 bits per heavy atom. The lowest BCUT2D eigenvalue weighted by Gasteiger charge is -2.34. The van der Waals surface area contributed by atoms with Crippen LogP contribution in [-0.4, -0.2) is 61.9 Å². The van der Waals surface area contributed by atoms with Crippen LogP contribution < -0.4 is 15.0 Å². The van der Waals surface area contributed by atoms with E-state index in [1.165, 1.54) is 16.4 Å². The Labute approximate surface area is 199 Å². The quantitative estimate of drug-likeness (QED) is 0.527. The second-order valence-electron chi connectivity index (χ2n) is 7.88. The first-order valence-corrected chi connectivity index (χ1v) is 12.4. The zero-order valence-corrected chi connectivity index (χ0v) is 19.7. The van der Waals surface area contributed by atoms with Crippen LogP contribution in [0.4, 0.5) is 11.5 Å². The van der Waals surface area contributed by atoms with Gasteiger partial charge in [-0.25, -0.2) is 13.4 Å². The average Bonchev–Trinajstić information content (AvgIpc) is 2.89. The molecule has 3 aromatic rings. The number of rotatable bonds is 8. The van der Waals surface area contributed by atoms with Crippen molar-refractivity contribution in [3.05, 3.63) is 72.7 Å². The highest BCUT2D eigenvalue weighted by molar-refractivity contribution is 7.89. The van der Waals surface area contributed by atoms with E-state index >= 15 is 0 Å². The molecule has 34 heavy (non-hydrogen) atoms. The third-order valence-electron chi connectivity index (χ3n) is 5.69. The second kappa shape index (κ2) is 10.6. The number of ether oxygens (including phenoxy) is 1. The van der Waals surface area contributed by atoms with Crippen LogP contribution in [0.5, 0.6) is 5.75 Å². The molecule has 9 nitrogen and oxygen atoms in total. The number of anilines is 2. The lowest BCUT2D eigenvalue weighted by Crippen LogP contribution is -2.48. The van der Waals surface area contributed by atoms with Gasteiger partial charge in [-0.2, -0.15) is 4.31 Å². The van der Waals surface area contributed by atoms with Gasteiger partial charge in [0, 0.05) is 50.7 Å². The van der Waals surface area contributed by atoms with Gasteiger partial charge in [-0.1, -0.05) is 12.1 Å². The van der Waals surface area contributed by atoms with Gasteiger partial charge in [0.15, 0.2) is 0 Å². The number of hydrogen-bond acceptors (Lipinski definition) is 7. The minimum atomic E-state index is -3.62. The zero-order valence-electron chi connectivity index (χ0n) is 18.9. The van der Waals surface area contributed by atoms with Gasteiger partial charge in [-0.05, 0) is 48.4 Å². The largest absolute Gasteiger partial charge is 0.497 e. The van der Waals surface area contributed by atoms with Crippen LogP contribution in [-0.2, 0) is 21.2 Å². The maximum Gasteiger partial charge on any atom is 0.243 e. The summed E-state index contributed by atoms with van der Waals surface area (Å²) >= 11 is 0. The van der Waals surface area contributed by atoms with Crippen LogP contribution >= 0.6 is 0 Å². The number of piperazine rings is 1. The lowest BCUT2D eigenvalue weighted by molar-refractivity contribution is -0.116. The molecule has 1 aliphatic heterocycles. The Morgan fingerprint density at radius 2 is 1.71 bits per heavy atom. The van der Waals surface area contributed by atoms with Crippen molar-refractivity contribution < 1.29 is 17.9 Å². The summed E-state index contributed by atoms with van der Waals surface area (Å²) in [5.74, 6) is 1.38. The molecule has 0 unspecified atom stereocenters. The van der Waals surface area contributed by atoms with Crippen molar-refractivity contribution in [2.24, 2.45) is 0 Å². The van der Waals surface area contributed by atoms with Crippen molar-refractivity contribution in [3.63, 3.8) is 0 Å². The van der Waals surface area contributed by atoms with Gasteiger partial charge >= 0.3 is 0 Å². The van der Waals surface area contributed by atoms with E-state index in [9.17, 15) is 13.2 Å². The molecule has 1 saturated heterocycles. The smallest absolute Gasteiger partial charge is 0.243 e. The highest BCUT2D eigenvalue weighted by Gasteiger charge is 2.29.